The first kappa shape index (κ1) is 6.14. The van der Waals surface area contributed by atoms with Crippen molar-refractivity contribution in [3.63, 3.8) is 0 Å². The average Bonchev–Trinajstić information content (AvgIpc) is 1.98. The van der Waals surface area contributed by atoms with Crippen molar-refractivity contribution in [2.24, 2.45) is 0 Å². The van der Waals surface area contributed by atoms with Crippen molar-refractivity contribution >= 4 is 13.2 Å². The number of aromatic amines is 1. The fourth-order valence-electron chi connectivity index (χ4n) is 0.822. The van der Waals surface area contributed by atoms with Crippen LogP contribution < -0.4 is 10.7 Å². The Morgan fingerprint density at radius 3 is 1.44 bits per heavy atom. The first-order valence-electron chi connectivity index (χ1n) is 2.96. The quantitative estimate of drug-likeness (QED) is 0.513. The second-order valence-electron chi connectivity index (χ2n) is 2.33. The number of H-pyrrole nitrogens is 1. The van der Waals surface area contributed by atoms with Crippen LogP contribution in [0.4, 0.5) is 0 Å². The molecule has 0 unspecified atom stereocenters. The van der Waals surface area contributed by atoms with Crippen LogP contribution in [0.1, 0.15) is 11.1 Å². The molecule has 1 heterocycles. The van der Waals surface area contributed by atoms with Crippen LogP contribution in [0.3, 0.4) is 0 Å². The molecule has 0 radical (unpaired) electrons. The minimum absolute atomic E-state index is 0.984. The standard InChI is InChI=1S/C8H11N/c1-5-6(2)8(4)9-7(5)3/h9H,3-4H2,1-2H3. The predicted molar refractivity (Wildman–Crippen MR) is 40.6 cm³/mol. The van der Waals surface area contributed by atoms with Crippen LogP contribution in [0.15, 0.2) is 0 Å². The van der Waals surface area contributed by atoms with E-state index in [1.165, 1.54) is 11.1 Å². The summed E-state index contributed by atoms with van der Waals surface area (Å²) < 4.78 is 0. The van der Waals surface area contributed by atoms with Gasteiger partial charge in [-0.25, -0.2) is 0 Å². The van der Waals surface area contributed by atoms with Crippen LogP contribution in [-0.2, 0) is 0 Å². The summed E-state index contributed by atoms with van der Waals surface area (Å²) in [6, 6.07) is 0. The van der Waals surface area contributed by atoms with Gasteiger partial charge < -0.3 is 4.98 Å². The lowest BCUT2D eigenvalue weighted by Gasteiger charge is -1.82. The van der Waals surface area contributed by atoms with Crippen molar-refractivity contribution in [3.8, 4) is 0 Å². The Bertz CT molecular complexity index is 276. The molecule has 9 heavy (non-hydrogen) atoms. The Morgan fingerprint density at radius 2 is 1.33 bits per heavy atom. The van der Waals surface area contributed by atoms with E-state index >= 15 is 0 Å². The van der Waals surface area contributed by atoms with Crippen LogP contribution >= 0.6 is 0 Å². The monoisotopic (exact) mass is 121 g/mol. The van der Waals surface area contributed by atoms with Gasteiger partial charge in [0, 0.05) is 10.7 Å². The molecule has 0 spiro atoms. The smallest absolute Gasteiger partial charge is 0.0344 e. The second kappa shape index (κ2) is 1.76. The molecular formula is C8H11N. The van der Waals surface area contributed by atoms with Gasteiger partial charge in [-0.05, 0) is 25.0 Å². The summed E-state index contributed by atoms with van der Waals surface area (Å²) in [7, 11) is 0. The second-order valence-corrected chi connectivity index (χ2v) is 2.33. The molecule has 0 aliphatic rings. The Hall–Kier alpha value is -0.980. The minimum atomic E-state index is 0.984. The molecule has 0 aromatic carbocycles. The van der Waals surface area contributed by atoms with Gasteiger partial charge in [-0.3, -0.25) is 0 Å². The zero-order valence-electron chi connectivity index (χ0n) is 5.91. The van der Waals surface area contributed by atoms with Crippen LogP contribution in [0.2, 0.25) is 0 Å². The molecule has 0 aliphatic carbocycles. The molecule has 1 rings (SSSR count). The number of hydrogen-bond donors (Lipinski definition) is 1. The number of nitrogens with one attached hydrogen (secondary N) is 1. The van der Waals surface area contributed by atoms with E-state index in [9.17, 15) is 0 Å². The fraction of sp³-hybridized carbons (Fsp3) is 0.250. The molecule has 0 aliphatic heterocycles. The fourth-order valence-corrected chi connectivity index (χ4v) is 0.822. The molecule has 0 fully saturated rings. The maximum absolute atomic E-state index is 3.81. The Morgan fingerprint density at radius 1 is 1.00 bits per heavy atom. The predicted octanol–water partition coefficient (Wildman–Crippen LogP) is 0.452. The zero-order valence-corrected chi connectivity index (χ0v) is 5.91. The Balaban J connectivity index is 3.67. The SMILES string of the molecule is C=c1[nH]c(=C)c(C)c1C. The highest BCUT2D eigenvalue weighted by Crippen LogP contribution is 1.89. The van der Waals surface area contributed by atoms with Crippen LogP contribution in [0.25, 0.3) is 13.2 Å². The van der Waals surface area contributed by atoms with Crippen LogP contribution in [0, 0.1) is 13.8 Å². The van der Waals surface area contributed by atoms with Crippen molar-refractivity contribution < 1.29 is 0 Å². The van der Waals surface area contributed by atoms with Gasteiger partial charge in [0.05, 0.1) is 0 Å². The lowest BCUT2D eigenvalue weighted by Crippen LogP contribution is -2.06. The van der Waals surface area contributed by atoms with Gasteiger partial charge in [0.15, 0.2) is 0 Å². The summed E-state index contributed by atoms with van der Waals surface area (Å²) in [5.74, 6) is 0. The van der Waals surface area contributed by atoms with Gasteiger partial charge in [0.2, 0.25) is 0 Å². The lowest BCUT2D eigenvalue weighted by atomic mass is 10.2. The van der Waals surface area contributed by atoms with E-state index in [1.807, 2.05) is 13.8 Å². The van der Waals surface area contributed by atoms with Crippen molar-refractivity contribution in [2.75, 3.05) is 0 Å². The molecule has 1 heteroatoms. The lowest BCUT2D eigenvalue weighted by molar-refractivity contribution is 1.26. The van der Waals surface area contributed by atoms with Crippen LogP contribution in [0.5, 0.6) is 0 Å². The van der Waals surface area contributed by atoms with Crippen molar-refractivity contribution in [3.05, 3.63) is 21.8 Å². The van der Waals surface area contributed by atoms with Gasteiger partial charge in [0.1, 0.15) is 0 Å². The van der Waals surface area contributed by atoms with E-state index in [0.717, 1.165) is 10.7 Å². The normalized spacial score (nSPS) is 10.0. The molecule has 0 amide bonds. The van der Waals surface area contributed by atoms with Gasteiger partial charge >= 0.3 is 0 Å². The third-order valence-corrected chi connectivity index (χ3v) is 1.77. The van der Waals surface area contributed by atoms with Gasteiger partial charge in [0.25, 0.3) is 0 Å². The summed E-state index contributed by atoms with van der Waals surface area (Å²) in [6.45, 7) is 11.7. The largest absolute Gasteiger partial charge is 0.356 e. The van der Waals surface area contributed by atoms with Gasteiger partial charge in [-0.2, -0.15) is 0 Å². The summed E-state index contributed by atoms with van der Waals surface area (Å²) in [5, 5.41) is 1.97. The first-order valence-corrected chi connectivity index (χ1v) is 2.96. The van der Waals surface area contributed by atoms with E-state index in [2.05, 4.69) is 18.1 Å². The molecule has 1 nitrogen and oxygen atoms in total. The summed E-state index contributed by atoms with van der Waals surface area (Å²) in [6.07, 6.45) is 0. The highest BCUT2D eigenvalue weighted by molar-refractivity contribution is 5.26. The summed E-state index contributed by atoms with van der Waals surface area (Å²) >= 11 is 0. The number of hydrogen-bond acceptors (Lipinski definition) is 0. The van der Waals surface area contributed by atoms with E-state index in [0.29, 0.717) is 0 Å². The van der Waals surface area contributed by atoms with Crippen molar-refractivity contribution in [1.82, 2.24) is 4.98 Å². The third kappa shape index (κ3) is 0.784. The van der Waals surface area contributed by atoms with E-state index in [-0.39, 0.29) is 0 Å². The highest BCUT2D eigenvalue weighted by Gasteiger charge is 1.93. The summed E-state index contributed by atoms with van der Waals surface area (Å²) in [5.41, 5.74) is 2.44. The van der Waals surface area contributed by atoms with Crippen molar-refractivity contribution in [2.45, 2.75) is 13.8 Å². The molecule has 1 aromatic rings. The van der Waals surface area contributed by atoms with E-state index < -0.39 is 0 Å². The Labute approximate surface area is 54.7 Å². The third-order valence-electron chi connectivity index (χ3n) is 1.77. The minimum Gasteiger partial charge on any atom is -0.356 e. The van der Waals surface area contributed by atoms with E-state index in [4.69, 9.17) is 0 Å². The molecular weight excluding hydrogens is 110 g/mol. The number of rotatable bonds is 0. The highest BCUT2D eigenvalue weighted by atomic mass is 14.7. The molecule has 48 valence electrons. The molecule has 0 atom stereocenters. The Kier molecular flexibility index (Phi) is 1.20. The molecule has 0 saturated carbocycles. The van der Waals surface area contributed by atoms with Crippen molar-refractivity contribution in [1.29, 1.82) is 0 Å². The topological polar surface area (TPSA) is 15.8 Å². The molecule has 0 saturated heterocycles. The van der Waals surface area contributed by atoms with E-state index in [1.54, 1.807) is 0 Å². The van der Waals surface area contributed by atoms with Gasteiger partial charge in [-0.15, -0.1) is 0 Å². The maximum Gasteiger partial charge on any atom is 0.0344 e. The average molecular weight is 121 g/mol. The van der Waals surface area contributed by atoms with Gasteiger partial charge in [-0.1, -0.05) is 13.2 Å². The summed E-state index contributed by atoms with van der Waals surface area (Å²) in [4.78, 5) is 3.05. The first-order chi connectivity index (χ1) is 4.13. The molecule has 1 aromatic heterocycles. The molecule has 0 bridgehead atoms. The molecule has 1 N–H and O–H groups in total. The number of aromatic nitrogens is 1. The maximum atomic E-state index is 3.81. The zero-order chi connectivity index (χ0) is 7.02. The van der Waals surface area contributed by atoms with Crippen LogP contribution in [-0.4, -0.2) is 4.98 Å².